The van der Waals surface area contributed by atoms with Crippen LogP contribution in [-0.4, -0.2) is 61.4 Å². The number of nitrogens with zero attached hydrogens (tertiary/aromatic N) is 7. The Kier molecular flexibility index (Phi) is 6.05. The number of anilines is 2. The molecule has 198 valence electrons. The molecule has 0 bridgehead atoms. The van der Waals surface area contributed by atoms with Gasteiger partial charge in [-0.05, 0) is 25.0 Å². The molecule has 10 nitrogen and oxygen atoms in total. The number of amides is 1. The van der Waals surface area contributed by atoms with Crippen LogP contribution in [0, 0.1) is 5.82 Å². The molecule has 0 saturated carbocycles. The molecule has 39 heavy (non-hydrogen) atoms. The zero-order valence-electron chi connectivity index (χ0n) is 21.0. The Balaban J connectivity index is 1.25. The van der Waals surface area contributed by atoms with Crippen LogP contribution in [0.2, 0.25) is 0 Å². The van der Waals surface area contributed by atoms with Gasteiger partial charge in [0.1, 0.15) is 11.3 Å². The predicted octanol–water partition coefficient (Wildman–Crippen LogP) is 3.47. The van der Waals surface area contributed by atoms with Crippen LogP contribution in [0.25, 0.3) is 22.0 Å². The van der Waals surface area contributed by atoms with Crippen molar-refractivity contribution in [2.75, 3.05) is 36.4 Å². The molecule has 1 unspecified atom stereocenters. The van der Waals surface area contributed by atoms with E-state index in [-0.39, 0.29) is 11.4 Å². The van der Waals surface area contributed by atoms with Gasteiger partial charge in [0.25, 0.3) is 5.91 Å². The third-order valence-corrected chi connectivity index (χ3v) is 8.05. The van der Waals surface area contributed by atoms with Gasteiger partial charge in [-0.25, -0.2) is 19.3 Å². The molecule has 1 amide bonds. The Morgan fingerprint density at radius 2 is 2.00 bits per heavy atom. The van der Waals surface area contributed by atoms with Gasteiger partial charge in [0.05, 0.1) is 12.0 Å². The third kappa shape index (κ3) is 4.35. The van der Waals surface area contributed by atoms with Crippen molar-refractivity contribution in [2.24, 2.45) is 0 Å². The largest absolute Gasteiger partial charge is 0.354 e. The van der Waals surface area contributed by atoms with Gasteiger partial charge in [-0.15, -0.1) is 11.3 Å². The number of benzene rings is 1. The fraction of sp³-hybridized carbons (Fsp3) is 0.296. The van der Waals surface area contributed by atoms with E-state index >= 15 is 4.39 Å². The van der Waals surface area contributed by atoms with Crippen LogP contribution in [0.3, 0.4) is 0 Å². The highest BCUT2D eigenvalue weighted by Gasteiger charge is 2.32. The molecule has 0 aliphatic carbocycles. The SMILES string of the molecule is O=C(Nc1nccs1)C(c1ncn2c1CCC2)n1cc2ccc(-c3ccc(N4CCNCC4)nc3)c(F)c2n1. The van der Waals surface area contributed by atoms with E-state index in [1.165, 1.54) is 16.0 Å². The summed E-state index contributed by atoms with van der Waals surface area (Å²) < 4.78 is 19.5. The number of carbonyl (C=O) groups excluding carboxylic acids is 1. The number of thiazole rings is 1. The number of imidazole rings is 1. The highest BCUT2D eigenvalue weighted by molar-refractivity contribution is 7.13. The molecular weight excluding hydrogens is 517 g/mol. The van der Waals surface area contributed by atoms with Crippen LogP contribution < -0.4 is 15.5 Å². The number of pyridine rings is 1. The summed E-state index contributed by atoms with van der Waals surface area (Å²) in [5.74, 6) is 0.115. The first-order valence-corrected chi connectivity index (χ1v) is 13.9. The second-order valence-electron chi connectivity index (χ2n) is 9.72. The van der Waals surface area contributed by atoms with Crippen molar-refractivity contribution in [3.63, 3.8) is 0 Å². The summed E-state index contributed by atoms with van der Waals surface area (Å²) in [6, 6.07) is 6.53. The maximum absolute atomic E-state index is 15.9. The molecule has 2 aliphatic rings. The molecule has 1 atom stereocenters. The topological polar surface area (TPSA) is 106 Å². The number of hydrogen-bond donors (Lipinski definition) is 2. The number of hydrogen-bond acceptors (Lipinski definition) is 8. The number of halogens is 1. The van der Waals surface area contributed by atoms with Gasteiger partial charge in [-0.2, -0.15) is 5.10 Å². The summed E-state index contributed by atoms with van der Waals surface area (Å²) in [4.78, 5) is 29.1. The molecule has 6 heterocycles. The lowest BCUT2D eigenvalue weighted by atomic mass is 10.1. The number of piperazine rings is 1. The number of aryl methyl sites for hydroxylation is 1. The van der Waals surface area contributed by atoms with Crippen molar-refractivity contribution < 1.29 is 9.18 Å². The van der Waals surface area contributed by atoms with Crippen molar-refractivity contribution in [3.8, 4) is 11.1 Å². The lowest BCUT2D eigenvalue weighted by Crippen LogP contribution is -2.43. The van der Waals surface area contributed by atoms with Gasteiger partial charge in [-0.3, -0.25) is 14.8 Å². The van der Waals surface area contributed by atoms with E-state index in [2.05, 4.69) is 40.2 Å². The fourth-order valence-electron chi connectivity index (χ4n) is 5.42. The van der Waals surface area contributed by atoms with Crippen LogP contribution in [-0.2, 0) is 17.8 Å². The van der Waals surface area contributed by atoms with Crippen LogP contribution in [0.4, 0.5) is 15.3 Å². The standard InChI is InChI=1S/C27H26FN9OS/c28-22-19(17-4-6-21(31-14-17)35-11-7-29-8-12-35)5-3-18-15-37(34-23(18)22)25(26(38)33-27-30-9-13-39-27)24-20-2-1-10-36(20)16-32-24/h3-6,9,13-16,25,29H,1-2,7-8,10-12H2,(H,30,33,38). The van der Waals surface area contributed by atoms with Gasteiger partial charge in [0.2, 0.25) is 0 Å². The molecule has 1 fully saturated rings. The van der Waals surface area contributed by atoms with Crippen LogP contribution >= 0.6 is 11.3 Å². The molecule has 1 aromatic carbocycles. The quantitative estimate of drug-likeness (QED) is 0.338. The molecule has 0 radical (unpaired) electrons. The van der Waals surface area contributed by atoms with E-state index in [4.69, 9.17) is 0 Å². The second kappa shape index (κ2) is 9.86. The summed E-state index contributed by atoms with van der Waals surface area (Å²) in [7, 11) is 0. The fourth-order valence-corrected chi connectivity index (χ4v) is 5.95. The minimum atomic E-state index is -0.863. The van der Waals surface area contributed by atoms with Gasteiger partial charge in [0.15, 0.2) is 17.0 Å². The molecule has 2 N–H and O–H groups in total. The molecule has 5 aromatic rings. The van der Waals surface area contributed by atoms with Crippen LogP contribution in [0.15, 0.2) is 54.6 Å². The lowest BCUT2D eigenvalue weighted by molar-refractivity contribution is -0.118. The summed E-state index contributed by atoms with van der Waals surface area (Å²) in [5, 5.41) is 13.7. The average molecular weight is 544 g/mol. The van der Waals surface area contributed by atoms with Gasteiger partial charge in [-0.1, -0.05) is 12.1 Å². The van der Waals surface area contributed by atoms with E-state index in [1.807, 2.05) is 18.2 Å². The zero-order valence-corrected chi connectivity index (χ0v) is 21.9. The Morgan fingerprint density at radius 1 is 1.10 bits per heavy atom. The molecular formula is C27H26FN9OS. The van der Waals surface area contributed by atoms with Gasteiger partial charge < -0.3 is 14.8 Å². The second-order valence-corrected chi connectivity index (χ2v) is 10.6. The first kappa shape index (κ1) is 23.9. The van der Waals surface area contributed by atoms with E-state index in [1.54, 1.807) is 36.4 Å². The molecule has 2 aliphatic heterocycles. The monoisotopic (exact) mass is 543 g/mol. The van der Waals surface area contributed by atoms with E-state index in [9.17, 15) is 4.79 Å². The predicted molar refractivity (Wildman–Crippen MR) is 147 cm³/mol. The number of fused-ring (bicyclic) bond motifs is 2. The molecule has 12 heteroatoms. The van der Waals surface area contributed by atoms with Crippen molar-refractivity contribution >= 4 is 39.1 Å². The zero-order chi connectivity index (χ0) is 26.3. The smallest absolute Gasteiger partial charge is 0.257 e. The van der Waals surface area contributed by atoms with Crippen LogP contribution in [0.5, 0.6) is 0 Å². The summed E-state index contributed by atoms with van der Waals surface area (Å²) >= 11 is 1.33. The van der Waals surface area contributed by atoms with E-state index in [0.717, 1.165) is 57.1 Å². The molecule has 1 saturated heterocycles. The lowest BCUT2D eigenvalue weighted by Gasteiger charge is -2.28. The van der Waals surface area contributed by atoms with Crippen molar-refractivity contribution in [3.05, 3.63) is 71.8 Å². The Bertz CT molecular complexity index is 1640. The average Bonchev–Trinajstić information content (AvgIpc) is 3.77. The summed E-state index contributed by atoms with van der Waals surface area (Å²) in [6.45, 7) is 4.48. The van der Waals surface area contributed by atoms with E-state index < -0.39 is 11.9 Å². The minimum Gasteiger partial charge on any atom is -0.354 e. The van der Waals surface area contributed by atoms with Crippen LogP contribution in [0.1, 0.15) is 23.9 Å². The summed E-state index contributed by atoms with van der Waals surface area (Å²) in [6.07, 6.45) is 8.63. The number of rotatable bonds is 6. The number of nitrogens with one attached hydrogen (secondary N) is 2. The van der Waals surface area contributed by atoms with Gasteiger partial charge >= 0.3 is 0 Å². The Labute approximate surface area is 227 Å². The number of aromatic nitrogens is 6. The molecule has 7 rings (SSSR count). The van der Waals surface area contributed by atoms with Crippen molar-refractivity contribution in [2.45, 2.75) is 25.4 Å². The summed E-state index contributed by atoms with van der Waals surface area (Å²) in [5.41, 5.74) is 2.92. The normalized spacial score (nSPS) is 16.0. The first-order chi connectivity index (χ1) is 19.2. The minimum absolute atomic E-state index is 0.196. The highest BCUT2D eigenvalue weighted by Crippen LogP contribution is 2.32. The first-order valence-electron chi connectivity index (χ1n) is 13.0. The van der Waals surface area contributed by atoms with Gasteiger partial charge in [0, 0.05) is 78.9 Å². The molecule has 0 spiro atoms. The van der Waals surface area contributed by atoms with Crippen molar-refractivity contribution in [1.82, 2.24) is 34.6 Å². The third-order valence-electron chi connectivity index (χ3n) is 7.36. The Hall–Kier alpha value is -4.16. The Morgan fingerprint density at radius 3 is 2.79 bits per heavy atom. The highest BCUT2D eigenvalue weighted by atomic mass is 32.1. The van der Waals surface area contributed by atoms with Crippen molar-refractivity contribution in [1.29, 1.82) is 0 Å². The molecule has 4 aromatic heterocycles. The number of carbonyl (C=O) groups is 1. The maximum Gasteiger partial charge on any atom is 0.257 e. The maximum atomic E-state index is 15.9. The van der Waals surface area contributed by atoms with E-state index in [0.29, 0.717) is 27.3 Å².